The fourth-order valence-corrected chi connectivity index (χ4v) is 4.50. The van der Waals surface area contributed by atoms with Gasteiger partial charge >= 0.3 is 0 Å². The van der Waals surface area contributed by atoms with Crippen LogP contribution in [0.1, 0.15) is 42.0 Å². The van der Waals surface area contributed by atoms with Gasteiger partial charge in [0, 0.05) is 36.5 Å². The highest BCUT2D eigenvalue weighted by Gasteiger charge is 2.26. The Balaban J connectivity index is 1.42. The molecule has 1 aliphatic rings. The summed E-state index contributed by atoms with van der Waals surface area (Å²) in [6, 6.07) is 12.3. The molecule has 7 heteroatoms. The van der Waals surface area contributed by atoms with Crippen molar-refractivity contribution in [2.45, 2.75) is 25.2 Å². The van der Waals surface area contributed by atoms with Gasteiger partial charge < -0.3 is 4.74 Å². The minimum atomic E-state index is 0.493. The predicted octanol–water partition coefficient (Wildman–Crippen LogP) is 4.60. The zero-order valence-electron chi connectivity index (χ0n) is 19.1. The van der Waals surface area contributed by atoms with E-state index in [0.717, 1.165) is 39.2 Å². The van der Waals surface area contributed by atoms with Crippen LogP contribution in [-0.4, -0.2) is 36.3 Å². The third-order valence-electron chi connectivity index (χ3n) is 6.47. The van der Waals surface area contributed by atoms with Crippen LogP contribution in [0.3, 0.4) is 0 Å². The molecule has 0 aliphatic heterocycles. The second-order valence-electron chi connectivity index (χ2n) is 8.62. The van der Waals surface area contributed by atoms with Gasteiger partial charge in [-0.1, -0.05) is 36.5 Å². The van der Waals surface area contributed by atoms with E-state index in [1.54, 1.807) is 18.0 Å². The summed E-state index contributed by atoms with van der Waals surface area (Å²) in [5.74, 6) is 7.96. The number of ether oxygens (including phenoxy) is 1. The van der Waals surface area contributed by atoms with E-state index < -0.39 is 0 Å². The van der Waals surface area contributed by atoms with Crippen molar-refractivity contribution in [1.29, 1.82) is 0 Å². The Morgan fingerprint density at radius 3 is 2.41 bits per heavy atom. The molecule has 34 heavy (non-hydrogen) atoms. The topological polar surface area (TPSA) is 62.2 Å². The molecule has 4 aromatic heterocycles. The summed E-state index contributed by atoms with van der Waals surface area (Å²) in [5, 5.41) is 13.5. The van der Waals surface area contributed by atoms with E-state index in [-0.39, 0.29) is 0 Å². The summed E-state index contributed by atoms with van der Waals surface area (Å²) < 4.78 is 11.4. The largest absolute Gasteiger partial charge is 0.494 e. The lowest BCUT2D eigenvalue weighted by Crippen LogP contribution is -2.15. The van der Waals surface area contributed by atoms with Gasteiger partial charge in [-0.05, 0) is 31.0 Å². The maximum atomic E-state index is 5.73. The van der Waals surface area contributed by atoms with E-state index >= 15 is 0 Å². The van der Waals surface area contributed by atoms with Crippen LogP contribution < -0.4 is 4.74 Å². The van der Waals surface area contributed by atoms with E-state index in [1.165, 1.54) is 25.0 Å². The highest BCUT2D eigenvalue weighted by molar-refractivity contribution is 5.75. The molecular weight excluding hydrogens is 424 g/mol. The van der Waals surface area contributed by atoms with Gasteiger partial charge in [-0.2, -0.15) is 15.3 Å². The maximum Gasteiger partial charge on any atom is 0.146 e. The van der Waals surface area contributed by atoms with Crippen molar-refractivity contribution >= 4 is 5.52 Å². The molecule has 0 saturated heterocycles. The fourth-order valence-electron chi connectivity index (χ4n) is 4.50. The number of methoxy groups -OCH3 is 1. The first kappa shape index (κ1) is 20.3. The number of hydrogen-bond donors (Lipinski definition) is 0. The van der Waals surface area contributed by atoms with Crippen LogP contribution in [0, 0.1) is 11.8 Å². The number of rotatable bonds is 4. The average Bonchev–Trinajstić information content (AvgIpc) is 3.55. The maximum absolute atomic E-state index is 5.73. The van der Waals surface area contributed by atoms with Gasteiger partial charge in [0.2, 0.25) is 0 Å². The summed E-state index contributed by atoms with van der Waals surface area (Å²) in [6.07, 6.45) is 13.1. The summed E-state index contributed by atoms with van der Waals surface area (Å²) in [5.41, 5.74) is 6.90. The standard InChI is InChI=1S/C27H24N6O/c1-31-17-23(16-28-31)22-13-25(34-2)27-21(14-29-32(27)18-22)12-11-20-15-30-33(24-9-4-3-5-10-24)26(20)19-7-6-8-19/h3-5,9-10,13-19H,6-8H2,1-2H3. The summed E-state index contributed by atoms with van der Waals surface area (Å²) >= 11 is 0. The van der Waals surface area contributed by atoms with Gasteiger partial charge in [0.25, 0.3) is 0 Å². The average molecular weight is 449 g/mol. The number of hydrogen-bond acceptors (Lipinski definition) is 4. The summed E-state index contributed by atoms with van der Waals surface area (Å²) in [6.45, 7) is 0. The number of pyridine rings is 1. The lowest BCUT2D eigenvalue weighted by Gasteiger charge is -2.26. The normalized spacial score (nSPS) is 13.5. The molecule has 1 aliphatic carbocycles. The highest BCUT2D eigenvalue weighted by atomic mass is 16.5. The molecule has 0 bridgehead atoms. The van der Waals surface area contributed by atoms with Gasteiger partial charge in [0.05, 0.1) is 48.2 Å². The molecule has 0 atom stereocenters. The first-order valence-electron chi connectivity index (χ1n) is 11.4. The minimum Gasteiger partial charge on any atom is -0.494 e. The predicted molar refractivity (Wildman–Crippen MR) is 130 cm³/mol. The highest BCUT2D eigenvalue weighted by Crippen LogP contribution is 2.39. The van der Waals surface area contributed by atoms with E-state index in [9.17, 15) is 0 Å². The quantitative estimate of drug-likeness (QED) is 0.377. The van der Waals surface area contributed by atoms with Crippen LogP contribution in [0.5, 0.6) is 5.75 Å². The third-order valence-corrected chi connectivity index (χ3v) is 6.47. The zero-order chi connectivity index (χ0) is 23.1. The van der Waals surface area contributed by atoms with E-state index in [1.807, 2.05) is 65.3 Å². The van der Waals surface area contributed by atoms with Crippen LogP contribution in [0.25, 0.3) is 22.3 Å². The Bertz CT molecular complexity index is 1540. The fraction of sp³-hybridized carbons (Fsp3) is 0.222. The Hall–Kier alpha value is -4.31. The summed E-state index contributed by atoms with van der Waals surface area (Å²) in [4.78, 5) is 0. The Morgan fingerprint density at radius 2 is 1.71 bits per heavy atom. The molecule has 0 unspecified atom stereocenters. The third kappa shape index (κ3) is 3.44. The van der Waals surface area contributed by atoms with Crippen LogP contribution in [0.4, 0.5) is 0 Å². The van der Waals surface area contributed by atoms with Gasteiger partial charge in [-0.15, -0.1) is 0 Å². The number of nitrogens with zero attached hydrogens (tertiary/aromatic N) is 6. The van der Waals surface area contributed by atoms with E-state index in [4.69, 9.17) is 9.84 Å². The van der Waals surface area contributed by atoms with Crippen molar-refractivity contribution < 1.29 is 4.74 Å². The van der Waals surface area contributed by atoms with Gasteiger partial charge in [-0.3, -0.25) is 4.68 Å². The monoisotopic (exact) mass is 448 g/mol. The molecule has 1 fully saturated rings. The second-order valence-corrected chi connectivity index (χ2v) is 8.62. The molecule has 0 N–H and O–H groups in total. The first-order valence-corrected chi connectivity index (χ1v) is 11.4. The number of para-hydroxylation sites is 1. The SMILES string of the molecule is COc1cc(-c2cnn(C)c2)cn2ncc(C#Cc3cnn(-c4ccccc4)c3C3CCC3)c12. The molecule has 6 rings (SSSR count). The van der Waals surface area contributed by atoms with Crippen molar-refractivity contribution in [3.05, 3.63) is 84.2 Å². The number of fused-ring (bicyclic) bond motifs is 1. The molecular formula is C27H24N6O. The molecule has 168 valence electrons. The molecule has 1 aromatic carbocycles. The van der Waals surface area contributed by atoms with E-state index in [2.05, 4.69) is 34.2 Å². The molecule has 0 radical (unpaired) electrons. The van der Waals surface area contributed by atoms with Crippen LogP contribution >= 0.6 is 0 Å². The van der Waals surface area contributed by atoms with Crippen molar-refractivity contribution in [3.8, 4) is 34.4 Å². The van der Waals surface area contributed by atoms with Crippen molar-refractivity contribution in [3.63, 3.8) is 0 Å². The molecule has 1 saturated carbocycles. The molecule has 0 spiro atoms. The molecule has 7 nitrogen and oxygen atoms in total. The lowest BCUT2D eigenvalue weighted by atomic mass is 9.81. The van der Waals surface area contributed by atoms with E-state index in [0.29, 0.717) is 5.92 Å². The van der Waals surface area contributed by atoms with Crippen LogP contribution in [0.15, 0.2) is 67.4 Å². The van der Waals surface area contributed by atoms with Gasteiger partial charge in [0.1, 0.15) is 11.3 Å². The lowest BCUT2D eigenvalue weighted by molar-refractivity contribution is 0.402. The summed E-state index contributed by atoms with van der Waals surface area (Å²) in [7, 11) is 3.57. The molecule has 4 heterocycles. The second kappa shape index (κ2) is 8.23. The van der Waals surface area contributed by atoms with Gasteiger partial charge in [-0.25, -0.2) is 9.20 Å². The number of aromatic nitrogens is 6. The van der Waals surface area contributed by atoms with Crippen molar-refractivity contribution in [2.75, 3.05) is 7.11 Å². The number of benzene rings is 1. The Morgan fingerprint density at radius 1 is 0.912 bits per heavy atom. The number of aryl methyl sites for hydroxylation is 1. The van der Waals surface area contributed by atoms with Crippen molar-refractivity contribution in [1.82, 2.24) is 29.2 Å². The minimum absolute atomic E-state index is 0.493. The Labute approximate surface area is 197 Å². The smallest absolute Gasteiger partial charge is 0.146 e. The molecule has 0 amide bonds. The van der Waals surface area contributed by atoms with Gasteiger partial charge in [0.15, 0.2) is 0 Å². The zero-order valence-corrected chi connectivity index (χ0v) is 19.1. The molecule has 5 aromatic rings. The first-order chi connectivity index (χ1) is 16.7. The van der Waals surface area contributed by atoms with Crippen molar-refractivity contribution in [2.24, 2.45) is 7.05 Å². The Kier molecular flexibility index (Phi) is 4.92. The van der Waals surface area contributed by atoms with Crippen LogP contribution in [-0.2, 0) is 7.05 Å². The van der Waals surface area contributed by atoms with Crippen LogP contribution in [0.2, 0.25) is 0 Å².